The highest BCUT2D eigenvalue weighted by atomic mass is 32.2. The lowest BCUT2D eigenvalue weighted by Crippen LogP contribution is -2.33. The van der Waals surface area contributed by atoms with Crippen LogP contribution < -0.4 is 21.5 Å². The van der Waals surface area contributed by atoms with Gasteiger partial charge in [-0.25, -0.2) is 20.4 Å². The number of nitrogens with one attached hydrogen (secondary N) is 4. The van der Waals surface area contributed by atoms with Gasteiger partial charge in [0, 0.05) is 48.6 Å². The third-order valence-corrected chi connectivity index (χ3v) is 6.63. The summed E-state index contributed by atoms with van der Waals surface area (Å²) in [6.45, 7) is 8.14. The summed E-state index contributed by atoms with van der Waals surface area (Å²) >= 11 is 1.48. The maximum absolute atomic E-state index is 11.6. The van der Waals surface area contributed by atoms with Crippen LogP contribution in [0.25, 0.3) is 0 Å². The molecule has 1 atom stereocenters. The van der Waals surface area contributed by atoms with E-state index in [0.717, 1.165) is 41.7 Å². The predicted molar refractivity (Wildman–Crippen MR) is 138 cm³/mol. The van der Waals surface area contributed by atoms with Crippen LogP contribution in [0.3, 0.4) is 0 Å². The van der Waals surface area contributed by atoms with Gasteiger partial charge in [-0.15, -0.1) is 0 Å². The molecular formula is C24H34N8OS. The Morgan fingerprint density at radius 1 is 1.21 bits per heavy atom. The summed E-state index contributed by atoms with van der Waals surface area (Å²) < 4.78 is 0. The second kappa shape index (κ2) is 12.1. The van der Waals surface area contributed by atoms with Crippen molar-refractivity contribution in [2.24, 2.45) is 4.99 Å². The van der Waals surface area contributed by atoms with Gasteiger partial charge in [-0.1, -0.05) is 13.3 Å². The van der Waals surface area contributed by atoms with Crippen molar-refractivity contribution in [2.45, 2.75) is 62.0 Å². The molecule has 0 aliphatic carbocycles. The number of hydrogen-bond acceptors (Lipinski definition) is 8. The molecule has 2 aromatic rings. The molecule has 0 saturated carbocycles. The van der Waals surface area contributed by atoms with Crippen LogP contribution >= 0.6 is 11.8 Å². The first-order valence-corrected chi connectivity index (χ1v) is 12.9. The molecule has 1 aromatic carbocycles. The first-order chi connectivity index (χ1) is 16.6. The summed E-state index contributed by atoms with van der Waals surface area (Å²) in [5.41, 5.74) is 7.08. The lowest BCUT2D eigenvalue weighted by molar-refractivity contribution is -0.115. The van der Waals surface area contributed by atoms with Gasteiger partial charge in [-0.2, -0.15) is 0 Å². The molecule has 2 fully saturated rings. The van der Waals surface area contributed by atoms with E-state index < -0.39 is 0 Å². The van der Waals surface area contributed by atoms with E-state index in [-0.39, 0.29) is 5.91 Å². The first kappa shape index (κ1) is 24.4. The van der Waals surface area contributed by atoms with Gasteiger partial charge < -0.3 is 21.0 Å². The van der Waals surface area contributed by atoms with Crippen molar-refractivity contribution in [3.63, 3.8) is 0 Å². The van der Waals surface area contributed by atoms with Gasteiger partial charge in [0.2, 0.25) is 5.91 Å². The molecule has 182 valence electrons. The minimum atomic E-state index is 0.000138. The summed E-state index contributed by atoms with van der Waals surface area (Å²) in [4.78, 5) is 29.2. The monoisotopic (exact) mass is 482 g/mol. The number of carbonyl (C=O) groups excluding carboxylic acids is 1. The topological polar surface area (TPSA) is 107 Å². The molecule has 4 N–H and O–H groups in total. The van der Waals surface area contributed by atoms with Gasteiger partial charge in [-0.05, 0) is 68.9 Å². The van der Waals surface area contributed by atoms with Crippen LogP contribution in [0.2, 0.25) is 0 Å². The third-order valence-electron chi connectivity index (χ3n) is 5.76. The molecule has 3 heterocycles. The molecule has 2 aliphatic heterocycles. The normalized spacial score (nSPS) is 19.7. The number of piperidine rings is 1. The summed E-state index contributed by atoms with van der Waals surface area (Å²) in [5, 5.41) is 6.97. The number of anilines is 2. The van der Waals surface area contributed by atoms with Crippen molar-refractivity contribution in [1.82, 2.24) is 25.7 Å². The highest BCUT2D eigenvalue weighted by Crippen LogP contribution is 2.29. The van der Waals surface area contributed by atoms with Crippen molar-refractivity contribution in [3.05, 3.63) is 30.3 Å². The third kappa shape index (κ3) is 7.41. The van der Waals surface area contributed by atoms with Gasteiger partial charge in [0.25, 0.3) is 0 Å². The van der Waals surface area contributed by atoms with Gasteiger partial charge in [0.1, 0.15) is 11.7 Å². The quantitative estimate of drug-likeness (QED) is 0.400. The first-order valence-electron chi connectivity index (χ1n) is 12.1. The number of hydrazine groups is 1. The number of aliphatic imine (C=N–C) groups is 1. The molecule has 2 aliphatic rings. The van der Waals surface area contributed by atoms with E-state index in [2.05, 4.69) is 38.3 Å². The van der Waals surface area contributed by atoms with Crippen LogP contribution in [-0.4, -0.2) is 58.8 Å². The van der Waals surface area contributed by atoms with E-state index in [1.807, 2.05) is 37.3 Å². The van der Waals surface area contributed by atoms with Crippen LogP contribution in [0.15, 0.2) is 45.4 Å². The molecular weight excluding hydrogens is 448 g/mol. The van der Waals surface area contributed by atoms with Crippen LogP contribution in [0.1, 0.15) is 46.0 Å². The molecule has 1 amide bonds. The van der Waals surface area contributed by atoms with E-state index in [1.54, 1.807) is 0 Å². The van der Waals surface area contributed by atoms with Crippen LogP contribution in [0.5, 0.6) is 0 Å². The minimum Gasteiger partial charge on any atom is -0.369 e. The van der Waals surface area contributed by atoms with Gasteiger partial charge in [-0.3, -0.25) is 4.79 Å². The second-order valence-electron chi connectivity index (χ2n) is 8.68. The molecule has 10 heteroatoms. The fourth-order valence-electron chi connectivity index (χ4n) is 3.90. The van der Waals surface area contributed by atoms with Crippen molar-refractivity contribution < 1.29 is 4.79 Å². The highest BCUT2D eigenvalue weighted by Gasteiger charge is 2.16. The zero-order valence-corrected chi connectivity index (χ0v) is 20.7. The van der Waals surface area contributed by atoms with Crippen molar-refractivity contribution in [2.75, 3.05) is 36.8 Å². The molecule has 0 radical (unpaired) electrons. The lowest BCUT2D eigenvalue weighted by Gasteiger charge is -2.26. The molecule has 4 rings (SSSR count). The second-order valence-corrected chi connectivity index (χ2v) is 9.72. The Morgan fingerprint density at radius 3 is 2.71 bits per heavy atom. The molecule has 34 heavy (non-hydrogen) atoms. The highest BCUT2D eigenvalue weighted by molar-refractivity contribution is 7.99. The zero-order chi connectivity index (χ0) is 23.8. The smallest absolute Gasteiger partial charge is 0.224 e. The number of nitrogens with zero attached hydrogens (tertiary/aromatic N) is 4. The number of aromatic nitrogens is 2. The SMILES string of the molecule is CCC(=O)Nc1ccc(Sc2nc(N=C3CC(C)NN3)cc(NCCN3CCCCC3)n2)cc1. The van der Waals surface area contributed by atoms with E-state index in [9.17, 15) is 4.79 Å². The maximum Gasteiger partial charge on any atom is 0.224 e. The molecule has 0 spiro atoms. The Labute approximate surface area is 205 Å². The van der Waals surface area contributed by atoms with E-state index in [1.165, 1.54) is 44.1 Å². The number of hydrogen-bond donors (Lipinski definition) is 4. The van der Waals surface area contributed by atoms with Gasteiger partial charge in [0.15, 0.2) is 11.0 Å². The molecule has 2 saturated heterocycles. The summed E-state index contributed by atoms with van der Waals surface area (Å²) in [6.07, 6.45) is 5.20. The van der Waals surface area contributed by atoms with Crippen molar-refractivity contribution in [1.29, 1.82) is 0 Å². The Kier molecular flexibility index (Phi) is 8.73. The van der Waals surface area contributed by atoms with Gasteiger partial charge in [0.05, 0.1) is 0 Å². The molecule has 0 bridgehead atoms. The Morgan fingerprint density at radius 2 is 2.00 bits per heavy atom. The summed E-state index contributed by atoms with van der Waals surface area (Å²) in [5.74, 6) is 2.28. The number of rotatable bonds is 9. The fourth-order valence-corrected chi connectivity index (χ4v) is 4.67. The fraction of sp³-hybridized carbons (Fsp3) is 0.500. The Bertz CT molecular complexity index is 991. The summed E-state index contributed by atoms with van der Waals surface area (Å²) in [7, 11) is 0. The predicted octanol–water partition coefficient (Wildman–Crippen LogP) is 3.79. The zero-order valence-electron chi connectivity index (χ0n) is 19.9. The largest absolute Gasteiger partial charge is 0.369 e. The maximum atomic E-state index is 11.6. The number of benzene rings is 1. The molecule has 1 aromatic heterocycles. The summed E-state index contributed by atoms with van der Waals surface area (Å²) in [6, 6.07) is 9.96. The van der Waals surface area contributed by atoms with E-state index in [4.69, 9.17) is 9.98 Å². The van der Waals surface area contributed by atoms with Gasteiger partial charge >= 0.3 is 0 Å². The number of amides is 1. The minimum absolute atomic E-state index is 0.000138. The Balaban J connectivity index is 1.46. The molecule has 9 nitrogen and oxygen atoms in total. The Hall–Kier alpha value is -2.69. The van der Waals surface area contributed by atoms with Crippen LogP contribution in [0.4, 0.5) is 17.3 Å². The van der Waals surface area contributed by atoms with Crippen molar-refractivity contribution in [3.8, 4) is 0 Å². The standard InChI is InChI=1S/C24H34N8OS/c1-3-23(33)26-18-7-9-19(10-8-18)34-24-28-20(25-11-14-32-12-5-4-6-13-32)16-21(29-24)27-22-15-17(2)30-31-22/h7-10,16-17,30H,3-6,11-15H2,1-2H3,(H,26,33)(H2,25,27,28,29,31). The number of amidine groups is 1. The average molecular weight is 483 g/mol. The van der Waals surface area contributed by atoms with E-state index >= 15 is 0 Å². The van der Waals surface area contributed by atoms with Crippen LogP contribution in [0, 0.1) is 0 Å². The average Bonchev–Trinajstić information content (AvgIpc) is 3.25. The number of likely N-dealkylation sites (tertiary alicyclic amines) is 1. The van der Waals surface area contributed by atoms with E-state index in [0.29, 0.717) is 23.4 Å². The van der Waals surface area contributed by atoms with Crippen molar-refractivity contribution >= 4 is 40.8 Å². The molecule has 1 unspecified atom stereocenters. The lowest BCUT2D eigenvalue weighted by atomic mass is 10.1. The number of carbonyl (C=O) groups is 1. The van der Waals surface area contributed by atoms with Crippen LogP contribution in [-0.2, 0) is 4.79 Å².